The molecule has 25 heavy (non-hydrogen) atoms. The molecule has 2 aromatic carbocycles. The Morgan fingerprint density at radius 3 is 2.72 bits per heavy atom. The number of nitrogens with zero attached hydrogens (tertiary/aromatic N) is 1. The Morgan fingerprint density at radius 1 is 1.12 bits per heavy atom. The van der Waals surface area contributed by atoms with E-state index in [0.717, 1.165) is 29.2 Å². The van der Waals surface area contributed by atoms with Gasteiger partial charge in [-0.2, -0.15) is 0 Å². The lowest BCUT2D eigenvalue weighted by molar-refractivity contribution is 0.296. The second-order valence-corrected chi connectivity index (χ2v) is 5.92. The number of hydrogen-bond acceptors (Lipinski definition) is 3. The molecule has 1 aliphatic rings. The van der Waals surface area contributed by atoms with Gasteiger partial charge in [-0.3, -0.25) is 0 Å². The predicted molar refractivity (Wildman–Crippen MR) is 112 cm³/mol. The van der Waals surface area contributed by atoms with Gasteiger partial charge in [0.15, 0.2) is 17.5 Å². The highest BCUT2D eigenvalue weighted by molar-refractivity contribution is 14.0. The molecule has 0 bridgehead atoms. The van der Waals surface area contributed by atoms with Crippen molar-refractivity contribution in [2.24, 2.45) is 10.7 Å². The predicted octanol–water partition coefficient (Wildman–Crippen LogP) is 4.01. The molecule has 0 spiro atoms. The van der Waals surface area contributed by atoms with E-state index in [1.807, 2.05) is 24.3 Å². The zero-order valence-corrected chi connectivity index (χ0v) is 16.9. The third-order valence-electron chi connectivity index (χ3n) is 4.05. The molecule has 6 heteroatoms. The molecule has 134 valence electrons. The summed E-state index contributed by atoms with van der Waals surface area (Å²) in [5.41, 5.74) is 10.4. The summed E-state index contributed by atoms with van der Waals surface area (Å²) in [6.45, 7) is 5.93. The van der Waals surface area contributed by atoms with Crippen molar-refractivity contribution < 1.29 is 9.47 Å². The number of halogens is 1. The summed E-state index contributed by atoms with van der Waals surface area (Å²) in [7, 11) is 0. The van der Waals surface area contributed by atoms with Gasteiger partial charge < -0.3 is 20.5 Å². The maximum Gasteiger partial charge on any atom is 0.193 e. The number of hydrogen-bond donors (Lipinski definition) is 2. The highest BCUT2D eigenvalue weighted by Crippen LogP contribution is 2.33. The van der Waals surface area contributed by atoms with Gasteiger partial charge in [0.1, 0.15) is 0 Å². The molecule has 0 aromatic heterocycles. The molecular weight excluding hydrogens is 429 g/mol. The van der Waals surface area contributed by atoms with Crippen LogP contribution in [0.4, 0.5) is 5.69 Å². The summed E-state index contributed by atoms with van der Waals surface area (Å²) in [5.74, 6) is 1.93. The standard InChI is InChI=1S/C19H23N3O2.HI/c1-13-7-8-16(11-14(13)2)22-19(20)21-12-15-5-3-6-17-18(15)24-10-4-9-23-17;/h3,5-8,11H,4,9-10,12H2,1-2H3,(H3,20,21,22);1H. The molecule has 0 amide bonds. The Kier molecular flexibility index (Phi) is 6.92. The number of aliphatic imine (C=N–C) groups is 1. The van der Waals surface area contributed by atoms with Crippen LogP contribution in [0.25, 0.3) is 0 Å². The second kappa shape index (κ2) is 8.94. The maximum absolute atomic E-state index is 6.02. The van der Waals surface area contributed by atoms with Crippen molar-refractivity contribution in [2.75, 3.05) is 18.5 Å². The first-order chi connectivity index (χ1) is 11.6. The van der Waals surface area contributed by atoms with Crippen molar-refractivity contribution in [3.8, 4) is 11.5 Å². The Morgan fingerprint density at radius 2 is 1.92 bits per heavy atom. The number of rotatable bonds is 3. The Hall–Kier alpha value is -1.96. The fourth-order valence-corrected chi connectivity index (χ4v) is 2.56. The molecule has 2 aromatic rings. The first kappa shape index (κ1) is 19.4. The van der Waals surface area contributed by atoms with Gasteiger partial charge in [-0.1, -0.05) is 18.2 Å². The van der Waals surface area contributed by atoms with E-state index in [0.29, 0.717) is 25.7 Å². The fourth-order valence-electron chi connectivity index (χ4n) is 2.56. The average molecular weight is 453 g/mol. The Labute approximate surface area is 165 Å². The van der Waals surface area contributed by atoms with Gasteiger partial charge in [0, 0.05) is 17.7 Å². The molecule has 0 atom stereocenters. The van der Waals surface area contributed by atoms with E-state index in [9.17, 15) is 0 Å². The summed E-state index contributed by atoms with van der Waals surface area (Å²) < 4.78 is 11.5. The third-order valence-corrected chi connectivity index (χ3v) is 4.05. The number of benzene rings is 2. The van der Waals surface area contributed by atoms with E-state index in [1.54, 1.807) is 0 Å². The zero-order chi connectivity index (χ0) is 16.9. The van der Waals surface area contributed by atoms with Crippen LogP contribution in [0.5, 0.6) is 11.5 Å². The van der Waals surface area contributed by atoms with Gasteiger partial charge in [-0.05, 0) is 43.2 Å². The minimum Gasteiger partial charge on any atom is -0.490 e. The molecule has 5 nitrogen and oxygen atoms in total. The van der Waals surface area contributed by atoms with Crippen LogP contribution in [0.15, 0.2) is 41.4 Å². The third kappa shape index (κ3) is 5.01. The van der Waals surface area contributed by atoms with E-state index in [4.69, 9.17) is 15.2 Å². The monoisotopic (exact) mass is 453 g/mol. The normalized spacial score (nSPS) is 13.6. The number of guanidine groups is 1. The summed E-state index contributed by atoms with van der Waals surface area (Å²) in [6, 6.07) is 12.0. The van der Waals surface area contributed by atoms with Crippen molar-refractivity contribution >= 4 is 35.6 Å². The van der Waals surface area contributed by atoms with Gasteiger partial charge in [-0.25, -0.2) is 4.99 Å². The van der Waals surface area contributed by atoms with E-state index >= 15 is 0 Å². The van der Waals surface area contributed by atoms with Crippen LogP contribution in [-0.2, 0) is 6.54 Å². The van der Waals surface area contributed by atoms with Crippen molar-refractivity contribution in [2.45, 2.75) is 26.8 Å². The van der Waals surface area contributed by atoms with Crippen LogP contribution in [0.2, 0.25) is 0 Å². The number of ether oxygens (including phenoxy) is 2. The molecule has 0 fully saturated rings. The van der Waals surface area contributed by atoms with E-state index in [-0.39, 0.29) is 24.0 Å². The maximum atomic E-state index is 6.02. The van der Waals surface area contributed by atoms with Crippen LogP contribution < -0.4 is 20.5 Å². The summed E-state index contributed by atoms with van der Waals surface area (Å²) in [4.78, 5) is 4.43. The van der Waals surface area contributed by atoms with Gasteiger partial charge in [0.25, 0.3) is 0 Å². The summed E-state index contributed by atoms with van der Waals surface area (Å²) in [5, 5.41) is 3.13. The van der Waals surface area contributed by atoms with Gasteiger partial charge in [0.2, 0.25) is 0 Å². The lowest BCUT2D eigenvalue weighted by Crippen LogP contribution is -2.22. The average Bonchev–Trinajstić information content (AvgIpc) is 2.82. The number of para-hydroxylation sites is 1. The number of nitrogens with one attached hydrogen (secondary N) is 1. The van der Waals surface area contributed by atoms with Crippen LogP contribution in [0.3, 0.4) is 0 Å². The minimum atomic E-state index is 0. The van der Waals surface area contributed by atoms with Gasteiger partial charge in [0.05, 0.1) is 19.8 Å². The fraction of sp³-hybridized carbons (Fsp3) is 0.316. The van der Waals surface area contributed by atoms with E-state index in [2.05, 4.69) is 36.3 Å². The lowest BCUT2D eigenvalue weighted by atomic mass is 10.1. The molecule has 1 aliphatic heterocycles. The molecule has 0 saturated heterocycles. The summed E-state index contributed by atoms with van der Waals surface area (Å²) >= 11 is 0. The second-order valence-electron chi connectivity index (χ2n) is 5.92. The van der Waals surface area contributed by atoms with Crippen LogP contribution in [-0.4, -0.2) is 19.2 Å². The number of aryl methyl sites for hydroxylation is 2. The largest absolute Gasteiger partial charge is 0.490 e. The number of anilines is 1. The molecular formula is C19H24IN3O2. The Balaban J connectivity index is 0.00000225. The van der Waals surface area contributed by atoms with Crippen LogP contribution in [0.1, 0.15) is 23.1 Å². The van der Waals surface area contributed by atoms with Gasteiger partial charge in [-0.15, -0.1) is 24.0 Å². The van der Waals surface area contributed by atoms with Crippen molar-refractivity contribution in [3.05, 3.63) is 53.1 Å². The van der Waals surface area contributed by atoms with Crippen LogP contribution >= 0.6 is 24.0 Å². The van der Waals surface area contributed by atoms with E-state index < -0.39 is 0 Å². The molecule has 3 N–H and O–H groups in total. The van der Waals surface area contributed by atoms with Crippen molar-refractivity contribution in [3.63, 3.8) is 0 Å². The summed E-state index contributed by atoms with van der Waals surface area (Å²) in [6.07, 6.45) is 0.883. The van der Waals surface area contributed by atoms with Crippen LogP contribution in [0, 0.1) is 13.8 Å². The van der Waals surface area contributed by atoms with E-state index in [1.165, 1.54) is 11.1 Å². The molecule has 1 heterocycles. The van der Waals surface area contributed by atoms with Crippen molar-refractivity contribution in [1.82, 2.24) is 0 Å². The molecule has 0 saturated carbocycles. The first-order valence-electron chi connectivity index (χ1n) is 8.15. The SMILES string of the molecule is Cc1ccc(NC(N)=NCc2cccc3c2OCCCO3)cc1C.I. The van der Waals surface area contributed by atoms with Gasteiger partial charge >= 0.3 is 0 Å². The highest BCUT2D eigenvalue weighted by Gasteiger charge is 2.14. The molecule has 0 unspecified atom stereocenters. The quantitative estimate of drug-likeness (QED) is 0.419. The number of fused-ring (bicyclic) bond motifs is 1. The minimum absolute atomic E-state index is 0. The Bertz CT molecular complexity index is 762. The zero-order valence-electron chi connectivity index (χ0n) is 14.5. The molecule has 3 rings (SSSR count). The first-order valence-corrected chi connectivity index (χ1v) is 8.15. The lowest BCUT2D eigenvalue weighted by Gasteiger charge is -2.12. The van der Waals surface area contributed by atoms with Crippen molar-refractivity contribution in [1.29, 1.82) is 0 Å². The molecule has 0 aliphatic carbocycles. The topological polar surface area (TPSA) is 68.9 Å². The highest BCUT2D eigenvalue weighted by atomic mass is 127. The molecule has 0 radical (unpaired) electrons. The smallest absolute Gasteiger partial charge is 0.193 e. The number of nitrogens with two attached hydrogens (primary N) is 1.